The highest BCUT2D eigenvalue weighted by Gasteiger charge is 2.22. The monoisotopic (exact) mass is 164 g/mol. The number of nitrogens with zero attached hydrogens (tertiary/aromatic N) is 1. The predicted molar refractivity (Wildman–Crippen MR) is 45.5 cm³/mol. The van der Waals surface area contributed by atoms with Gasteiger partial charge in [-0.05, 0) is 13.0 Å². The molecular weight excluding hydrogens is 152 g/mol. The fourth-order valence-corrected chi connectivity index (χ4v) is 1.38. The molecule has 3 nitrogen and oxygen atoms in total. The molecule has 1 aliphatic heterocycles. The number of hydrogen-bond donors (Lipinski definition) is 1. The van der Waals surface area contributed by atoms with Gasteiger partial charge in [-0.25, -0.2) is 0 Å². The van der Waals surface area contributed by atoms with E-state index in [4.69, 9.17) is 4.74 Å². The number of rotatable bonds is 1. The molecule has 1 fully saturated rings. The van der Waals surface area contributed by atoms with Gasteiger partial charge in [0.05, 0.1) is 6.10 Å². The fourth-order valence-electron chi connectivity index (χ4n) is 1.38. The number of ether oxygens (including phenoxy) is 1. The van der Waals surface area contributed by atoms with Gasteiger partial charge in [-0.3, -0.25) is 10.3 Å². The van der Waals surface area contributed by atoms with Crippen LogP contribution in [0.25, 0.3) is 0 Å². The summed E-state index contributed by atoms with van der Waals surface area (Å²) in [6.07, 6.45) is 3.96. The van der Waals surface area contributed by atoms with Gasteiger partial charge in [-0.15, -0.1) is 0 Å². The van der Waals surface area contributed by atoms with Crippen LogP contribution >= 0.6 is 0 Å². The Hall–Kier alpha value is -0.930. The zero-order valence-electron chi connectivity index (χ0n) is 7.03. The maximum atomic E-state index is 5.60. The van der Waals surface area contributed by atoms with Crippen LogP contribution in [0.15, 0.2) is 24.5 Å². The Kier molecular flexibility index (Phi) is 2.06. The van der Waals surface area contributed by atoms with Crippen molar-refractivity contribution in [1.82, 2.24) is 10.3 Å². The normalized spacial score (nSPS) is 29.1. The van der Waals surface area contributed by atoms with Crippen LogP contribution in [0.3, 0.4) is 0 Å². The minimum atomic E-state index is 0.162. The summed E-state index contributed by atoms with van der Waals surface area (Å²) in [6.45, 7) is 2.89. The van der Waals surface area contributed by atoms with Crippen molar-refractivity contribution in [3.63, 3.8) is 0 Å². The van der Waals surface area contributed by atoms with Crippen molar-refractivity contribution in [3.05, 3.63) is 30.1 Å². The van der Waals surface area contributed by atoms with E-state index in [0.29, 0.717) is 0 Å². The minimum absolute atomic E-state index is 0.162. The Morgan fingerprint density at radius 1 is 1.67 bits per heavy atom. The first-order chi connectivity index (χ1) is 5.86. The van der Waals surface area contributed by atoms with Gasteiger partial charge >= 0.3 is 0 Å². The van der Waals surface area contributed by atoms with Gasteiger partial charge in [-0.1, -0.05) is 6.07 Å². The average Bonchev–Trinajstić information content (AvgIpc) is 2.54. The summed E-state index contributed by atoms with van der Waals surface area (Å²) in [4.78, 5) is 4.05. The molecule has 2 rings (SSSR count). The van der Waals surface area contributed by atoms with Crippen molar-refractivity contribution < 1.29 is 4.74 Å². The van der Waals surface area contributed by atoms with Crippen molar-refractivity contribution in [2.75, 3.05) is 6.54 Å². The lowest BCUT2D eigenvalue weighted by molar-refractivity contribution is 0.0527. The van der Waals surface area contributed by atoms with E-state index in [-0.39, 0.29) is 12.3 Å². The summed E-state index contributed by atoms with van der Waals surface area (Å²) < 4.78 is 5.60. The molecule has 0 spiro atoms. The summed E-state index contributed by atoms with van der Waals surface area (Å²) in [5.41, 5.74) is 1.15. The molecule has 3 heteroatoms. The summed E-state index contributed by atoms with van der Waals surface area (Å²) >= 11 is 0. The van der Waals surface area contributed by atoms with Crippen LogP contribution in [0.2, 0.25) is 0 Å². The van der Waals surface area contributed by atoms with Crippen LogP contribution in [-0.4, -0.2) is 17.8 Å². The van der Waals surface area contributed by atoms with Crippen molar-refractivity contribution in [2.45, 2.75) is 19.3 Å². The molecule has 2 atom stereocenters. The van der Waals surface area contributed by atoms with Crippen LogP contribution < -0.4 is 5.32 Å². The first-order valence-corrected chi connectivity index (χ1v) is 4.15. The highest BCUT2D eigenvalue weighted by Crippen LogP contribution is 2.20. The van der Waals surface area contributed by atoms with Crippen LogP contribution in [0.4, 0.5) is 0 Å². The molecule has 1 aromatic rings. The molecule has 1 saturated heterocycles. The molecule has 0 bridgehead atoms. The minimum Gasteiger partial charge on any atom is -0.354 e. The first kappa shape index (κ1) is 7.71. The number of nitrogens with one attached hydrogen (secondary N) is 1. The zero-order chi connectivity index (χ0) is 8.39. The lowest BCUT2D eigenvalue weighted by Crippen LogP contribution is -2.17. The highest BCUT2D eigenvalue weighted by molar-refractivity contribution is 5.13. The first-order valence-electron chi connectivity index (χ1n) is 4.15. The van der Waals surface area contributed by atoms with Crippen LogP contribution in [-0.2, 0) is 4.74 Å². The lowest BCUT2D eigenvalue weighted by atomic mass is 10.2. The quantitative estimate of drug-likeness (QED) is 0.674. The summed E-state index contributed by atoms with van der Waals surface area (Å²) in [7, 11) is 0. The van der Waals surface area contributed by atoms with E-state index >= 15 is 0 Å². The Balaban J connectivity index is 2.11. The average molecular weight is 164 g/mol. The fraction of sp³-hybridized carbons (Fsp3) is 0.444. The molecule has 1 N–H and O–H groups in total. The molecular formula is C9H12N2O. The smallest absolute Gasteiger partial charge is 0.106 e. The third-order valence-corrected chi connectivity index (χ3v) is 2.02. The van der Waals surface area contributed by atoms with Crippen molar-refractivity contribution >= 4 is 0 Å². The molecule has 2 unspecified atom stereocenters. The number of hydrogen-bond acceptors (Lipinski definition) is 3. The summed E-state index contributed by atoms with van der Waals surface area (Å²) in [6, 6.07) is 3.97. The summed E-state index contributed by atoms with van der Waals surface area (Å²) in [5, 5.41) is 3.22. The van der Waals surface area contributed by atoms with E-state index in [2.05, 4.69) is 10.3 Å². The Morgan fingerprint density at radius 2 is 2.58 bits per heavy atom. The molecule has 0 radical (unpaired) electrons. The van der Waals surface area contributed by atoms with Crippen LogP contribution in [0.1, 0.15) is 18.6 Å². The topological polar surface area (TPSA) is 34.2 Å². The van der Waals surface area contributed by atoms with Crippen LogP contribution in [0.5, 0.6) is 0 Å². The van der Waals surface area contributed by atoms with E-state index < -0.39 is 0 Å². The molecule has 1 aliphatic rings. The Labute approximate surface area is 71.8 Å². The second kappa shape index (κ2) is 3.21. The molecule has 0 saturated carbocycles. The predicted octanol–water partition coefficient (Wildman–Crippen LogP) is 1.09. The van der Waals surface area contributed by atoms with Gasteiger partial charge in [0.25, 0.3) is 0 Å². The van der Waals surface area contributed by atoms with Gasteiger partial charge in [0.2, 0.25) is 0 Å². The van der Waals surface area contributed by atoms with Crippen molar-refractivity contribution in [2.24, 2.45) is 0 Å². The van der Waals surface area contributed by atoms with E-state index in [1.54, 1.807) is 6.20 Å². The van der Waals surface area contributed by atoms with Gasteiger partial charge in [-0.2, -0.15) is 0 Å². The second-order valence-electron chi connectivity index (χ2n) is 2.96. The van der Waals surface area contributed by atoms with Gasteiger partial charge < -0.3 is 4.74 Å². The number of aromatic nitrogens is 1. The van der Waals surface area contributed by atoms with Gasteiger partial charge in [0, 0.05) is 24.5 Å². The second-order valence-corrected chi connectivity index (χ2v) is 2.96. The molecule has 1 aromatic heterocycles. The van der Waals surface area contributed by atoms with Crippen molar-refractivity contribution in [3.8, 4) is 0 Å². The van der Waals surface area contributed by atoms with E-state index in [0.717, 1.165) is 12.1 Å². The van der Waals surface area contributed by atoms with Gasteiger partial charge in [0.15, 0.2) is 0 Å². The van der Waals surface area contributed by atoms with E-state index in [1.165, 1.54) is 0 Å². The van der Waals surface area contributed by atoms with Crippen molar-refractivity contribution in [1.29, 1.82) is 0 Å². The molecule has 0 amide bonds. The maximum absolute atomic E-state index is 5.60. The Bertz CT molecular complexity index is 250. The zero-order valence-corrected chi connectivity index (χ0v) is 7.03. The standard InChI is InChI=1S/C9H12N2O/c1-7-11-6-9(12-7)8-3-2-4-10-5-8/h2-5,7,9,11H,6H2,1H3. The highest BCUT2D eigenvalue weighted by atomic mass is 16.5. The molecule has 0 aliphatic carbocycles. The largest absolute Gasteiger partial charge is 0.354 e. The van der Waals surface area contributed by atoms with Crippen LogP contribution in [0, 0.1) is 0 Å². The maximum Gasteiger partial charge on any atom is 0.106 e. The van der Waals surface area contributed by atoms with Gasteiger partial charge in [0.1, 0.15) is 6.23 Å². The molecule has 2 heterocycles. The Morgan fingerprint density at radius 3 is 3.17 bits per heavy atom. The molecule has 12 heavy (non-hydrogen) atoms. The summed E-state index contributed by atoms with van der Waals surface area (Å²) in [5.74, 6) is 0. The number of pyridine rings is 1. The van der Waals surface area contributed by atoms with E-state index in [9.17, 15) is 0 Å². The molecule has 64 valence electrons. The lowest BCUT2D eigenvalue weighted by Gasteiger charge is -2.08. The van der Waals surface area contributed by atoms with E-state index in [1.807, 2.05) is 25.3 Å². The third kappa shape index (κ3) is 1.47. The molecule has 0 aromatic carbocycles. The third-order valence-electron chi connectivity index (χ3n) is 2.02. The SMILES string of the molecule is CC1NCC(c2cccnc2)O1.